The van der Waals surface area contributed by atoms with Crippen molar-refractivity contribution in [2.24, 2.45) is 0 Å². The fourth-order valence-corrected chi connectivity index (χ4v) is 1.65. The van der Waals surface area contributed by atoms with Gasteiger partial charge in [0.15, 0.2) is 0 Å². The van der Waals surface area contributed by atoms with Crippen LogP contribution in [0.4, 0.5) is 14.5 Å². The second kappa shape index (κ2) is 4.76. The minimum absolute atomic E-state index is 0.0520. The summed E-state index contributed by atoms with van der Waals surface area (Å²) in [5, 5.41) is 0. The van der Waals surface area contributed by atoms with Gasteiger partial charge in [-0.3, -0.25) is 0 Å². The lowest BCUT2D eigenvalue weighted by atomic mass is 9.96. The molecule has 4 heteroatoms. The first-order valence-corrected chi connectivity index (χ1v) is 5.43. The normalized spacial score (nSPS) is 11.8. The van der Waals surface area contributed by atoms with Crippen LogP contribution >= 0.6 is 0 Å². The Bertz CT molecular complexity index is 344. The van der Waals surface area contributed by atoms with Crippen LogP contribution in [-0.2, 0) is 0 Å². The number of pyridine rings is 1. The van der Waals surface area contributed by atoms with Crippen LogP contribution in [0.25, 0.3) is 0 Å². The van der Waals surface area contributed by atoms with Crippen molar-refractivity contribution in [3.63, 3.8) is 0 Å². The number of nitrogen functional groups attached to an aromatic ring is 1. The Labute approximate surface area is 94.9 Å². The summed E-state index contributed by atoms with van der Waals surface area (Å²) in [5.74, 6) is 0.175. The van der Waals surface area contributed by atoms with Crippen LogP contribution in [0.2, 0.25) is 0 Å². The number of halogens is 2. The van der Waals surface area contributed by atoms with E-state index in [1.54, 1.807) is 0 Å². The molecule has 1 heterocycles. The van der Waals surface area contributed by atoms with E-state index in [-0.39, 0.29) is 17.5 Å². The van der Waals surface area contributed by atoms with Crippen LogP contribution in [-0.4, -0.2) is 4.98 Å². The van der Waals surface area contributed by atoms with E-state index in [1.165, 1.54) is 6.07 Å². The quantitative estimate of drug-likeness (QED) is 0.853. The molecule has 0 atom stereocenters. The molecule has 0 spiro atoms. The van der Waals surface area contributed by atoms with E-state index < -0.39 is 6.43 Å². The van der Waals surface area contributed by atoms with Crippen molar-refractivity contribution in [1.29, 1.82) is 0 Å². The number of nitrogens with zero attached hydrogens (tertiary/aromatic N) is 1. The molecule has 90 valence electrons. The van der Waals surface area contributed by atoms with Crippen molar-refractivity contribution < 1.29 is 8.78 Å². The molecule has 0 unspecified atom stereocenters. The minimum atomic E-state index is -2.55. The number of alkyl halides is 2. The first-order chi connectivity index (χ1) is 7.34. The molecule has 16 heavy (non-hydrogen) atoms. The second-order valence-electron chi connectivity index (χ2n) is 4.55. The predicted molar refractivity (Wildman–Crippen MR) is 61.8 cm³/mol. The van der Waals surface area contributed by atoms with Gasteiger partial charge in [-0.25, -0.2) is 13.8 Å². The smallest absolute Gasteiger partial charge is 0.280 e. The third kappa shape index (κ3) is 2.49. The van der Waals surface area contributed by atoms with Crippen LogP contribution in [0.3, 0.4) is 0 Å². The number of rotatable bonds is 3. The molecular weight excluding hydrogens is 210 g/mol. The second-order valence-corrected chi connectivity index (χ2v) is 4.55. The highest BCUT2D eigenvalue weighted by atomic mass is 19.3. The lowest BCUT2D eigenvalue weighted by molar-refractivity contribution is 0.145. The number of nitrogens with two attached hydrogens (primary N) is 1. The molecule has 2 N–H and O–H groups in total. The van der Waals surface area contributed by atoms with Gasteiger partial charge >= 0.3 is 0 Å². The van der Waals surface area contributed by atoms with E-state index in [2.05, 4.69) is 4.98 Å². The van der Waals surface area contributed by atoms with Crippen molar-refractivity contribution in [2.45, 2.75) is 46.0 Å². The zero-order chi connectivity index (χ0) is 12.5. The Kier molecular flexibility index (Phi) is 3.83. The van der Waals surface area contributed by atoms with Gasteiger partial charge in [0.1, 0.15) is 5.69 Å². The van der Waals surface area contributed by atoms with Gasteiger partial charge in [-0.1, -0.05) is 27.7 Å². The predicted octanol–water partition coefficient (Wildman–Crippen LogP) is 3.85. The van der Waals surface area contributed by atoms with Gasteiger partial charge in [0.05, 0.1) is 11.4 Å². The maximum absolute atomic E-state index is 12.7. The number of aromatic nitrogens is 1. The lowest BCUT2D eigenvalue weighted by Gasteiger charge is -2.17. The monoisotopic (exact) mass is 228 g/mol. The van der Waals surface area contributed by atoms with E-state index >= 15 is 0 Å². The summed E-state index contributed by atoms with van der Waals surface area (Å²) in [6.07, 6.45) is -2.55. The first kappa shape index (κ1) is 12.9. The Balaban J connectivity index is 3.39. The number of hydrogen-bond donors (Lipinski definition) is 1. The summed E-state index contributed by atoms with van der Waals surface area (Å²) in [4.78, 5) is 3.94. The summed E-state index contributed by atoms with van der Waals surface area (Å²) in [6, 6.07) is 1.41. The van der Waals surface area contributed by atoms with Crippen molar-refractivity contribution in [2.75, 3.05) is 5.73 Å². The molecule has 2 nitrogen and oxygen atoms in total. The molecule has 0 aliphatic rings. The highest BCUT2D eigenvalue weighted by molar-refractivity contribution is 5.54. The molecule has 0 fully saturated rings. The van der Waals surface area contributed by atoms with Gasteiger partial charge in [0, 0.05) is 0 Å². The van der Waals surface area contributed by atoms with Crippen molar-refractivity contribution in [3.05, 3.63) is 23.0 Å². The number of anilines is 1. The van der Waals surface area contributed by atoms with E-state index in [4.69, 9.17) is 5.73 Å². The van der Waals surface area contributed by atoms with E-state index in [9.17, 15) is 8.78 Å². The molecule has 0 saturated heterocycles. The van der Waals surface area contributed by atoms with Gasteiger partial charge in [-0.15, -0.1) is 0 Å². The average molecular weight is 228 g/mol. The van der Waals surface area contributed by atoms with Crippen molar-refractivity contribution in [1.82, 2.24) is 4.98 Å². The molecule has 1 aromatic heterocycles. The standard InChI is InChI=1S/C12H18F2N2/c1-6(2)8-5-9(12(13)14)16-11(7(3)4)10(8)15/h5-7,12H,15H2,1-4H3. The van der Waals surface area contributed by atoms with Crippen LogP contribution in [0.15, 0.2) is 6.07 Å². The van der Waals surface area contributed by atoms with E-state index in [1.807, 2.05) is 27.7 Å². The van der Waals surface area contributed by atoms with E-state index in [0.29, 0.717) is 11.4 Å². The molecule has 1 aromatic rings. The molecule has 0 radical (unpaired) electrons. The molecule has 0 aromatic carbocycles. The fraction of sp³-hybridized carbons (Fsp3) is 0.583. The molecule has 0 aliphatic heterocycles. The summed E-state index contributed by atoms with van der Waals surface area (Å²) < 4.78 is 25.4. The zero-order valence-electron chi connectivity index (χ0n) is 10.1. The van der Waals surface area contributed by atoms with Crippen LogP contribution < -0.4 is 5.73 Å². The summed E-state index contributed by atoms with van der Waals surface area (Å²) >= 11 is 0. The zero-order valence-corrected chi connectivity index (χ0v) is 10.1. The largest absolute Gasteiger partial charge is 0.397 e. The highest BCUT2D eigenvalue weighted by Gasteiger charge is 2.18. The number of hydrogen-bond acceptors (Lipinski definition) is 2. The lowest BCUT2D eigenvalue weighted by Crippen LogP contribution is -2.08. The topological polar surface area (TPSA) is 38.9 Å². The molecular formula is C12H18F2N2. The first-order valence-electron chi connectivity index (χ1n) is 5.43. The highest BCUT2D eigenvalue weighted by Crippen LogP contribution is 2.31. The molecule has 0 amide bonds. The van der Waals surface area contributed by atoms with Gasteiger partial charge in [-0.05, 0) is 23.5 Å². The van der Waals surface area contributed by atoms with Crippen LogP contribution in [0.1, 0.15) is 62.9 Å². The van der Waals surface area contributed by atoms with Crippen LogP contribution in [0, 0.1) is 0 Å². The third-order valence-corrected chi connectivity index (χ3v) is 2.53. The minimum Gasteiger partial charge on any atom is -0.397 e. The van der Waals surface area contributed by atoms with Gasteiger partial charge in [-0.2, -0.15) is 0 Å². The molecule has 0 bridgehead atoms. The fourth-order valence-electron chi connectivity index (χ4n) is 1.65. The summed E-state index contributed by atoms with van der Waals surface area (Å²) in [7, 11) is 0. The Hall–Kier alpha value is -1.19. The van der Waals surface area contributed by atoms with Gasteiger partial charge in [0.2, 0.25) is 0 Å². The Morgan fingerprint density at radius 3 is 2.06 bits per heavy atom. The van der Waals surface area contributed by atoms with Crippen molar-refractivity contribution in [3.8, 4) is 0 Å². The Morgan fingerprint density at radius 1 is 1.12 bits per heavy atom. The molecule has 0 aliphatic carbocycles. The molecule has 1 rings (SSSR count). The summed E-state index contributed by atoms with van der Waals surface area (Å²) in [6.45, 7) is 7.67. The summed E-state index contributed by atoms with van der Waals surface area (Å²) in [5.41, 5.74) is 7.65. The maximum Gasteiger partial charge on any atom is 0.280 e. The van der Waals surface area contributed by atoms with E-state index in [0.717, 1.165) is 5.56 Å². The SMILES string of the molecule is CC(C)c1cc(C(F)F)nc(C(C)C)c1N. The van der Waals surface area contributed by atoms with Crippen molar-refractivity contribution >= 4 is 5.69 Å². The Morgan fingerprint density at radius 2 is 1.69 bits per heavy atom. The maximum atomic E-state index is 12.7. The van der Waals surface area contributed by atoms with Gasteiger partial charge in [0.25, 0.3) is 6.43 Å². The average Bonchev–Trinajstić information content (AvgIpc) is 2.16. The molecule has 0 saturated carbocycles. The third-order valence-electron chi connectivity index (χ3n) is 2.53. The van der Waals surface area contributed by atoms with Gasteiger partial charge < -0.3 is 5.73 Å². The van der Waals surface area contributed by atoms with Crippen LogP contribution in [0.5, 0.6) is 0 Å².